The molecule has 2 aromatic rings. The van der Waals surface area contributed by atoms with Crippen molar-refractivity contribution >= 4 is 22.7 Å². The quantitative estimate of drug-likeness (QED) is 0.878. The highest BCUT2D eigenvalue weighted by molar-refractivity contribution is 6.00. The van der Waals surface area contributed by atoms with E-state index in [0.717, 1.165) is 29.5 Å². The van der Waals surface area contributed by atoms with E-state index in [1.807, 2.05) is 18.2 Å². The van der Waals surface area contributed by atoms with E-state index in [1.165, 1.54) is 0 Å². The first-order valence-electron chi connectivity index (χ1n) is 7.60. The van der Waals surface area contributed by atoms with Crippen LogP contribution in [0.2, 0.25) is 0 Å². The second-order valence-electron chi connectivity index (χ2n) is 5.70. The number of carbonyl (C=O) groups excluding carboxylic acids is 2. The Hall–Kier alpha value is -2.63. The molecule has 1 saturated carbocycles. The lowest BCUT2D eigenvalue weighted by atomic mass is 10.1. The van der Waals surface area contributed by atoms with Gasteiger partial charge >= 0.3 is 0 Å². The molecular formula is C17H19N3O3. The Balaban J connectivity index is 1.74. The molecule has 0 bridgehead atoms. The molecule has 6 heteroatoms. The first-order chi connectivity index (χ1) is 11.1. The van der Waals surface area contributed by atoms with Gasteiger partial charge in [-0.15, -0.1) is 0 Å². The van der Waals surface area contributed by atoms with Crippen molar-refractivity contribution in [1.29, 1.82) is 0 Å². The summed E-state index contributed by atoms with van der Waals surface area (Å²) in [5.74, 6) is 0.272. The van der Waals surface area contributed by atoms with Crippen LogP contribution in [0.3, 0.4) is 0 Å². The minimum atomic E-state index is -0.293. The number of aromatic nitrogens is 1. The summed E-state index contributed by atoms with van der Waals surface area (Å²) in [5, 5.41) is 6.33. The number of fused-ring (bicyclic) bond motifs is 1. The number of nitrogens with one attached hydrogen (secondary N) is 2. The molecule has 23 heavy (non-hydrogen) atoms. The number of ether oxygens (including phenoxy) is 1. The Bertz CT molecular complexity index is 769. The summed E-state index contributed by atoms with van der Waals surface area (Å²) < 4.78 is 5.18. The summed E-state index contributed by atoms with van der Waals surface area (Å²) in [7, 11) is 1.60. The van der Waals surface area contributed by atoms with Gasteiger partial charge in [-0.05, 0) is 38.0 Å². The molecule has 120 valence electrons. The first-order valence-corrected chi connectivity index (χ1v) is 7.60. The van der Waals surface area contributed by atoms with E-state index in [2.05, 4.69) is 15.6 Å². The van der Waals surface area contributed by atoms with Gasteiger partial charge in [0.05, 0.1) is 30.4 Å². The summed E-state index contributed by atoms with van der Waals surface area (Å²) in [6, 6.07) is 7.58. The van der Waals surface area contributed by atoms with Gasteiger partial charge in [0.15, 0.2) is 0 Å². The number of carbonyl (C=O) groups is 2. The van der Waals surface area contributed by atoms with Crippen LogP contribution in [0.25, 0.3) is 10.9 Å². The van der Waals surface area contributed by atoms with E-state index in [9.17, 15) is 9.59 Å². The smallest absolute Gasteiger partial charge is 0.253 e. The van der Waals surface area contributed by atoms with Crippen molar-refractivity contribution in [1.82, 2.24) is 15.6 Å². The van der Waals surface area contributed by atoms with E-state index < -0.39 is 0 Å². The highest BCUT2D eigenvalue weighted by Gasteiger charge is 2.23. The van der Waals surface area contributed by atoms with E-state index in [4.69, 9.17) is 4.74 Å². The molecule has 0 radical (unpaired) electrons. The summed E-state index contributed by atoms with van der Waals surface area (Å²) >= 11 is 0. The van der Waals surface area contributed by atoms with Gasteiger partial charge < -0.3 is 15.4 Å². The van der Waals surface area contributed by atoms with Gasteiger partial charge in [-0.25, -0.2) is 0 Å². The summed E-state index contributed by atoms with van der Waals surface area (Å²) in [6.07, 6.45) is 2.05. The SMILES string of the molecule is COc1ccc2cc(C(=O)NCC(=O)NC3CC3)c(C)nc2c1. The van der Waals surface area contributed by atoms with Crippen LogP contribution in [-0.2, 0) is 4.79 Å². The molecule has 2 N–H and O–H groups in total. The van der Waals surface area contributed by atoms with Crippen molar-refractivity contribution < 1.29 is 14.3 Å². The number of pyridine rings is 1. The molecule has 2 amide bonds. The zero-order valence-electron chi connectivity index (χ0n) is 13.2. The molecule has 0 saturated heterocycles. The Morgan fingerprint density at radius 1 is 1.30 bits per heavy atom. The minimum Gasteiger partial charge on any atom is -0.497 e. The standard InChI is InChI=1S/C17H19N3O3/c1-10-14(17(22)18-9-16(21)20-12-4-5-12)7-11-3-6-13(23-2)8-15(11)19-10/h3,6-8,12H,4-5,9H2,1-2H3,(H,18,22)(H,20,21). The predicted octanol–water partition coefficient (Wildman–Crippen LogP) is 1.56. The number of rotatable bonds is 5. The lowest BCUT2D eigenvalue weighted by Gasteiger charge is -2.09. The monoisotopic (exact) mass is 313 g/mol. The first kappa shape index (κ1) is 15.3. The van der Waals surface area contributed by atoms with Crippen LogP contribution in [0.15, 0.2) is 24.3 Å². The Morgan fingerprint density at radius 2 is 2.09 bits per heavy atom. The molecule has 0 unspecified atom stereocenters. The van der Waals surface area contributed by atoms with Crippen molar-refractivity contribution in [3.05, 3.63) is 35.5 Å². The van der Waals surface area contributed by atoms with Crippen LogP contribution in [0.1, 0.15) is 28.9 Å². The van der Waals surface area contributed by atoms with Crippen LogP contribution in [0.5, 0.6) is 5.75 Å². The lowest BCUT2D eigenvalue weighted by Crippen LogP contribution is -2.38. The third-order valence-corrected chi connectivity index (χ3v) is 3.81. The minimum absolute atomic E-state index is 0.0184. The van der Waals surface area contributed by atoms with Crippen molar-refractivity contribution in [2.45, 2.75) is 25.8 Å². The number of aryl methyl sites for hydroxylation is 1. The van der Waals surface area contributed by atoms with Crippen LogP contribution in [0.4, 0.5) is 0 Å². The highest BCUT2D eigenvalue weighted by atomic mass is 16.5. The summed E-state index contributed by atoms with van der Waals surface area (Å²) in [6.45, 7) is 1.76. The Labute approximate surface area is 134 Å². The van der Waals surface area contributed by atoms with E-state index in [1.54, 1.807) is 20.1 Å². The number of hydrogen-bond donors (Lipinski definition) is 2. The number of methoxy groups -OCH3 is 1. The molecule has 1 aromatic heterocycles. The molecule has 1 aliphatic rings. The topological polar surface area (TPSA) is 80.3 Å². The number of nitrogens with zero attached hydrogens (tertiary/aromatic N) is 1. The van der Waals surface area contributed by atoms with Gasteiger partial charge in [-0.1, -0.05) is 0 Å². The Morgan fingerprint density at radius 3 is 2.78 bits per heavy atom. The van der Waals surface area contributed by atoms with Crippen molar-refractivity contribution in [3.63, 3.8) is 0 Å². The van der Waals surface area contributed by atoms with Crippen molar-refractivity contribution in [2.24, 2.45) is 0 Å². The van der Waals surface area contributed by atoms with E-state index in [0.29, 0.717) is 17.3 Å². The fourth-order valence-electron chi connectivity index (χ4n) is 2.36. The van der Waals surface area contributed by atoms with E-state index >= 15 is 0 Å². The molecule has 1 aliphatic carbocycles. The average molecular weight is 313 g/mol. The van der Waals surface area contributed by atoms with E-state index in [-0.39, 0.29) is 18.4 Å². The number of benzene rings is 1. The van der Waals surface area contributed by atoms with Crippen LogP contribution in [0, 0.1) is 6.92 Å². The fourth-order valence-corrected chi connectivity index (χ4v) is 2.36. The number of hydrogen-bond acceptors (Lipinski definition) is 4. The average Bonchev–Trinajstić information content (AvgIpc) is 3.35. The van der Waals surface area contributed by atoms with Crippen molar-refractivity contribution in [2.75, 3.05) is 13.7 Å². The fraction of sp³-hybridized carbons (Fsp3) is 0.353. The van der Waals surface area contributed by atoms with Gasteiger partial charge in [0.1, 0.15) is 5.75 Å². The van der Waals surface area contributed by atoms with Gasteiger partial charge in [-0.3, -0.25) is 14.6 Å². The maximum Gasteiger partial charge on any atom is 0.253 e. The number of amides is 2. The molecule has 1 fully saturated rings. The van der Waals surface area contributed by atoms with Crippen LogP contribution in [-0.4, -0.2) is 36.5 Å². The van der Waals surface area contributed by atoms with Gasteiger partial charge in [0, 0.05) is 17.5 Å². The molecule has 0 aliphatic heterocycles. The maximum atomic E-state index is 12.3. The second kappa shape index (κ2) is 6.24. The molecule has 1 heterocycles. The molecule has 0 atom stereocenters. The van der Waals surface area contributed by atoms with Crippen molar-refractivity contribution in [3.8, 4) is 5.75 Å². The molecule has 1 aromatic carbocycles. The highest BCUT2D eigenvalue weighted by Crippen LogP contribution is 2.21. The van der Waals surface area contributed by atoms with Crippen LogP contribution < -0.4 is 15.4 Å². The largest absolute Gasteiger partial charge is 0.497 e. The summed E-state index contributed by atoms with van der Waals surface area (Å²) in [5.41, 5.74) is 1.86. The third-order valence-electron chi connectivity index (χ3n) is 3.81. The lowest BCUT2D eigenvalue weighted by molar-refractivity contribution is -0.120. The normalized spacial score (nSPS) is 13.7. The molecular weight excluding hydrogens is 294 g/mol. The van der Waals surface area contributed by atoms with Gasteiger partial charge in [-0.2, -0.15) is 0 Å². The van der Waals surface area contributed by atoms with Crippen LogP contribution >= 0.6 is 0 Å². The molecule has 0 spiro atoms. The second-order valence-corrected chi connectivity index (χ2v) is 5.70. The summed E-state index contributed by atoms with van der Waals surface area (Å²) in [4.78, 5) is 28.4. The zero-order chi connectivity index (χ0) is 16.4. The Kier molecular flexibility index (Phi) is 4.14. The maximum absolute atomic E-state index is 12.3. The predicted molar refractivity (Wildman–Crippen MR) is 86.5 cm³/mol. The third kappa shape index (κ3) is 3.59. The molecule has 3 rings (SSSR count). The molecule has 6 nitrogen and oxygen atoms in total. The van der Waals surface area contributed by atoms with Gasteiger partial charge in [0.2, 0.25) is 5.91 Å². The van der Waals surface area contributed by atoms with Gasteiger partial charge in [0.25, 0.3) is 5.91 Å². The zero-order valence-corrected chi connectivity index (χ0v) is 13.2.